The Labute approximate surface area is 137 Å². The fraction of sp³-hybridized carbons (Fsp3) is 0.421. The molecule has 2 aromatic rings. The number of benzene rings is 2. The van der Waals surface area contributed by atoms with Crippen molar-refractivity contribution in [3.8, 4) is 17.2 Å². The number of carbonyl (C=O) groups excluding carboxylic acids is 1. The van der Waals surface area contributed by atoms with Gasteiger partial charge in [0, 0.05) is 16.8 Å². The number of hydrogen-bond donors (Lipinski definition) is 0. The van der Waals surface area contributed by atoms with E-state index in [4.69, 9.17) is 14.2 Å². The first-order valence-corrected chi connectivity index (χ1v) is 7.92. The van der Waals surface area contributed by atoms with Crippen LogP contribution >= 0.6 is 0 Å². The Morgan fingerprint density at radius 2 is 1.52 bits per heavy atom. The van der Waals surface area contributed by atoms with Crippen molar-refractivity contribution in [2.75, 3.05) is 13.2 Å². The van der Waals surface area contributed by atoms with E-state index in [-0.39, 0.29) is 5.97 Å². The van der Waals surface area contributed by atoms with E-state index in [1.165, 1.54) is 0 Å². The molecule has 23 heavy (non-hydrogen) atoms. The van der Waals surface area contributed by atoms with Crippen LogP contribution in [-0.4, -0.2) is 19.2 Å². The number of esters is 1. The van der Waals surface area contributed by atoms with Gasteiger partial charge in [-0.2, -0.15) is 0 Å². The van der Waals surface area contributed by atoms with Crippen molar-refractivity contribution in [1.82, 2.24) is 0 Å². The van der Waals surface area contributed by atoms with Crippen LogP contribution in [0.2, 0.25) is 0 Å². The summed E-state index contributed by atoms with van der Waals surface area (Å²) in [7, 11) is 0. The first-order valence-electron chi connectivity index (χ1n) is 7.92. The summed E-state index contributed by atoms with van der Waals surface area (Å²) in [4.78, 5) is 12.3. The molecule has 0 fully saturated rings. The quantitative estimate of drug-likeness (QED) is 0.598. The Balaban J connectivity index is 2.63. The molecule has 0 radical (unpaired) electrons. The second kappa shape index (κ2) is 6.90. The van der Waals surface area contributed by atoms with Crippen LogP contribution < -0.4 is 14.2 Å². The number of fused-ring (bicyclic) bond motifs is 1. The van der Waals surface area contributed by atoms with Crippen molar-refractivity contribution in [1.29, 1.82) is 0 Å². The fourth-order valence-electron chi connectivity index (χ4n) is 2.18. The highest BCUT2D eigenvalue weighted by molar-refractivity contribution is 5.97. The molecule has 0 aliphatic carbocycles. The lowest BCUT2D eigenvalue weighted by atomic mass is 9.97. The molecule has 0 N–H and O–H groups in total. The average molecular weight is 316 g/mol. The summed E-state index contributed by atoms with van der Waals surface area (Å²) in [6.45, 7) is 10.3. The van der Waals surface area contributed by atoms with Crippen molar-refractivity contribution in [3.63, 3.8) is 0 Å². The Hall–Kier alpha value is -2.23. The minimum absolute atomic E-state index is 0.298. The minimum Gasteiger partial charge on any atom is -0.493 e. The van der Waals surface area contributed by atoms with Crippen molar-refractivity contribution >= 4 is 16.7 Å². The van der Waals surface area contributed by atoms with E-state index in [0.29, 0.717) is 24.7 Å². The van der Waals surface area contributed by atoms with Gasteiger partial charge in [-0.1, -0.05) is 24.3 Å². The molecular weight excluding hydrogens is 292 g/mol. The van der Waals surface area contributed by atoms with Gasteiger partial charge in [-0.15, -0.1) is 0 Å². The summed E-state index contributed by atoms with van der Waals surface area (Å²) in [5, 5.41) is 1.70. The number of hydrogen-bond acceptors (Lipinski definition) is 4. The predicted molar refractivity (Wildman–Crippen MR) is 91.4 cm³/mol. The summed E-state index contributed by atoms with van der Waals surface area (Å²) >= 11 is 0. The number of rotatable bonds is 5. The van der Waals surface area contributed by atoms with Gasteiger partial charge in [0.2, 0.25) is 0 Å². The van der Waals surface area contributed by atoms with E-state index in [1.54, 1.807) is 6.07 Å². The normalized spacial score (nSPS) is 11.3. The van der Waals surface area contributed by atoms with E-state index >= 15 is 0 Å². The summed E-state index contributed by atoms with van der Waals surface area (Å²) in [6.07, 6.45) is 0. The van der Waals surface area contributed by atoms with Crippen LogP contribution in [0.25, 0.3) is 10.8 Å². The SMILES string of the molecule is CCOc1cc(OCC)c2ccccc2c1OC(=O)C(C)(C)C. The third kappa shape index (κ3) is 3.76. The van der Waals surface area contributed by atoms with Gasteiger partial charge >= 0.3 is 5.97 Å². The molecule has 0 unspecified atom stereocenters. The molecule has 0 aliphatic heterocycles. The summed E-state index contributed by atoms with van der Waals surface area (Å²) < 4.78 is 17.1. The molecule has 2 rings (SSSR count). The third-order valence-corrected chi connectivity index (χ3v) is 3.33. The molecule has 4 heteroatoms. The van der Waals surface area contributed by atoms with E-state index in [9.17, 15) is 4.79 Å². The summed E-state index contributed by atoms with van der Waals surface area (Å²) in [5.74, 6) is 1.40. The molecule has 0 saturated carbocycles. The number of ether oxygens (including phenoxy) is 3. The van der Waals surface area contributed by atoms with Gasteiger partial charge in [0.15, 0.2) is 11.5 Å². The zero-order valence-corrected chi connectivity index (χ0v) is 14.4. The Morgan fingerprint density at radius 3 is 2.09 bits per heavy atom. The highest BCUT2D eigenvalue weighted by Crippen LogP contribution is 2.42. The molecule has 0 heterocycles. The molecule has 4 nitrogen and oxygen atoms in total. The van der Waals surface area contributed by atoms with Crippen LogP contribution in [0.5, 0.6) is 17.2 Å². The van der Waals surface area contributed by atoms with E-state index < -0.39 is 5.41 Å². The maximum absolute atomic E-state index is 12.3. The topological polar surface area (TPSA) is 44.8 Å². The standard InChI is InChI=1S/C19H24O4/c1-6-21-15-12-16(22-7-2)17(23-18(20)19(3,4)5)14-11-9-8-10-13(14)15/h8-12H,6-7H2,1-5H3. The molecule has 2 aromatic carbocycles. The molecular formula is C19H24O4. The summed E-state index contributed by atoms with van der Waals surface area (Å²) in [6, 6.07) is 9.49. The lowest BCUT2D eigenvalue weighted by Gasteiger charge is -2.20. The molecule has 0 saturated heterocycles. The molecule has 0 amide bonds. The average Bonchev–Trinajstić information content (AvgIpc) is 2.50. The monoisotopic (exact) mass is 316 g/mol. The van der Waals surface area contributed by atoms with E-state index in [1.807, 2.05) is 58.9 Å². The zero-order chi connectivity index (χ0) is 17.0. The molecule has 124 valence electrons. The van der Waals surface area contributed by atoms with Crippen molar-refractivity contribution in [2.24, 2.45) is 5.41 Å². The second-order valence-electron chi connectivity index (χ2n) is 6.25. The van der Waals surface area contributed by atoms with Gasteiger partial charge < -0.3 is 14.2 Å². The third-order valence-electron chi connectivity index (χ3n) is 3.33. The summed E-state index contributed by atoms with van der Waals surface area (Å²) in [5.41, 5.74) is -0.594. The molecule has 0 bridgehead atoms. The second-order valence-corrected chi connectivity index (χ2v) is 6.25. The van der Waals surface area contributed by atoms with Gasteiger partial charge in [0.25, 0.3) is 0 Å². The van der Waals surface area contributed by atoms with E-state index in [0.717, 1.165) is 16.5 Å². The van der Waals surface area contributed by atoms with Gasteiger partial charge in [-0.25, -0.2) is 0 Å². The minimum atomic E-state index is -0.594. The fourth-order valence-corrected chi connectivity index (χ4v) is 2.18. The first-order chi connectivity index (χ1) is 10.9. The lowest BCUT2D eigenvalue weighted by molar-refractivity contribution is -0.143. The van der Waals surface area contributed by atoms with Crippen LogP contribution in [0.3, 0.4) is 0 Å². The maximum Gasteiger partial charge on any atom is 0.316 e. The van der Waals surface area contributed by atoms with Gasteiger partial charge in [0.1, 0.15) is 5.75 Å². The largest absolute Gasteiger partial charge is 0.493 e. The molecule has 0 aromatic heterocycles. The number of carbonyl (C=O) groups is 1. The maximum atomic E-state index is 12.3. The van der Waals surface area contributed by atoms with Crippen LogP contribution in [0, 0.1) is 5.41 Å². The first kappa shape index (κ1) is 17.1. The van der Waals surface area contributed by atoms with Gasteiger partial charge in [0.05, 0.1) is 18.6 Å². The van der Waals surface area contributed by atoms with Crippen molar-refractivity contribution in [3.05, 3.63) is 30.3 Å². The van der Waals surface area contributed by atoms with Crippen LogP contribution in [0.4, 0.5) is 0 Å². The van der Waals surface area contributed by atoms with Crippen molar-refractivity contribution in [2.45, 2.75) is 34.6 Å². The van der Waals surface area contributed by atoms with Crippen molar-refractivity contribution < 1.29 is 19.0 Å². The van der Waals surface area contributed by atoms with Gasteiger partial charge in [-0.3, -0.25) is 4.79 Å². The Morgan fingerprint density at radius 1 is 0.957 bits per heavy atom. The smallest absolute Gasteiger partial charge is 0.316 e. The molecule has 0 atom stereocenters. The molecule has 0 aliphatic rings. The highest BCUT2D eigenvalue weighted by Gasteiger charge is 2.26. The Kier molecular flexibility index (Phi) is 5.14. The van der Waals surface area contributed by atoms with Crippen LogP contribution in [-0.2, 0) is 4.79 Å². The highest BCUT2D eigenvalue weighted by atomic mass is 16.6. The van der Waals surface area contributed by atoms with Crippen LogP contribution in [0.15, 0.2) is 30.3 Å². The lowest BCUT2D eigenvalue weighted by Crippen LogP contribution is -2.25. The zero-order valence-electron chi connectivity index (χ0n) is 14.4. The Bertz CT molecular complexity index is 698. The van der Waals surface area contributed by atoms with Crippen LogP contribution in [0.1, 0.15) is 34.6 Å². The van der Waals surface area contributed by atoms with E-state index in [2.05, 4.69) is 0 Å². The van der Waals surface area contributed by atoms with Gasteiger partial charge in [-0.05, 0) is 34.6 Å². The molecule has 0 spiro atoms. The predicted octanol–water partition coefficient (Wildman–Crippen LogP) is 4.59.